The Kier molecular flexibility index (Phi) is 4.98. The molecular weight excluding hydrogens is 284 g/mol. The predicted octanol–water partition coefficient (Wildman–Crippen LogP) is 2.56. The number of carboxylic acid groups (broad SMARTS) is 1. The van der Waals surface area contributed by atoms with Gasteiger partial charge in [-0.3, -0.25) is 4.79 Å². The standard InChI is InChI=1S/C12H13BrN2O2/c1-9-8-10(2-3-11(9)13)15(7-5-14)6-4-12(16)17/h2-3,8H,4,6-7H2,1H3,(H,16,17). The molecule has 0 aliphatic heterocycles. The van der Waals surface area contributed by atoms with Crippen molar-refractivity contribution >= 4 is 27.6 Å². The van der Waals surface area contributed by atoms with E-state index < -0.39 is 5.97 Å². The fourth-order valence-electron chi connectivity index (χ4n) is 1.44. The third kappa shape index (κ3) is 4.08. The molecule has 0 saturated carbocycles. The van der Waals surface area contributed by atoms with Crippen LogP contribution in [-0.4, -0.2) is 24.2 Å². The molecule has 0 heterocycles. The number of aliphatic carboxylic acids is 1. The van der Waals surface area contributed by atoms with Crippen molar-refractivity contribution < 1.29 is 9.90 Å². The van der Waals surface area contributed by atoms with Crippen molar-refractivity contribution in [3.63, 3.8) is 0 Å². The molecule has 0 spiro atoms. The molecule has 0 aliphatic rings. The molecule has 17 heavy (non-hydrogen) atoms. The lowest BCUT2D eigenvalue weighted by Crippen LogP contribution is -2.26. The number of hydrogen-bond donors (Lipinski definition) is 1. The van der Waals surface area contributed by atoms with Crippen LogP contribution in [0.4, 0.5) is 5.69 Å². The number of nitriles is 1. The van der Waals surface area contributed by atoms with E-state index in [-0.39, 0.29) is 13.0 Å². The van der Waals surface area contributed by atoms with Crippen LogP contribution < -0.4 is 4.90 Å². The van der Waals surface area contributed by atoms with Gasteiger partial charge < -0.3 is 10.0 Å². The van der Waals surface area contributed by atoms with Crippen molar-refractivity contribution in [2.24, 2.45) is 0 Å². The van der Waals surface area contributed by atoms with Crippen molar-refractivity contribution in [2.75, 3.05) is 18.0 Å². The minimum Gasteiger partial charge on any atom is -0.481 e. The highest BCUT2D eigenvalue weighted by atomic mass is 79.9. The number of carbonyl (C=O) groups is 1. The van der Waals surface area contributed by atoms with Crippen LogP contribution >= 0.6 is 15.9 Å². The fraction of sp³-hybridized carbons (Fsp3) is 0.333. The number of hydrogen-bond acceptors (Lipinski definition) is 3. The lowest BCUT2D eigenvalue weighted by Gasteiger charge is -2.21. The number of halogens is 1. The summed E-state index contributed by atoms with van der Waals surface area (Å²) >= 11 is 3.40. The van der Waals surface area contributed by atoms with Gasteiger partial charge in [-0.15, -0.1) is 0 Å². The number of nitrogens with zero attached hydrogens (tertiary/aromatic N) is 2. The maximum Gasteiger partial charge on any atom is 0.305 e. The van der Waals surface area contributed by atoms with Crippen molar-refractivity contribution in [1.29, 1.82) is 5.26 Å². The number of anilines is 1. The van der Waals surface area contributed by atoms with E-state index in [0.29, 0.717) is 6.54 Å². The first-order valence-corrected chi connectivity index (χ1v) is 5.93. The van der Waals surface area contributed by atoms with Gasteiger partial charge in [-0.2, -0.15) is 5.26 Å². The average Bonchev–Trinajstić information content (AvgIpc) is 2.28. The molecule has 90 valence electrons. The second-order valence-electron chi connectivity index (χ2n) is 3.66. The van der Waals surface area contributed by atoms with E-state index in [1.54, 1.807) is 4.90 Å². The third-order valence-electron chi connectivity index (χ3n) is 2.36. The highest BCUT2D eigenvalue weighted by molar-refractivity contribution is 9.10. The Hall–Kier alpha value is -1.54. The van der Waals surface area contributed by atoms with E-state index in [0.717, 1.165) is 15.7 Å². The first kappa shape index (κ1) is 13.5. The normalized spacial score (nSPS) is 9.71. The summed E-state index contributed by atoms with van der Waals surface area (Å²) in [5.41, 5.74) is 1.93. The van der Waals surface area contributed by atoms with Crippen LogP contribution in [0, 0.1) is 18.3 Å². The Morgan fingerprint density at radius 1 is 1.59 bits per heavy atom. The van der Waals surface area contributed by atoms with Gasteiger partial charge in [0.25, 0.3) is 0 Å². The smallest absolute Gasteiger partial charge is 0.305 e. The van der Waals surface area contributed by atoms with Gasteiger partial charge in [0.2, 0.25) is 0 Å². The topological polar surface area (TPSA) is 64.3 Å². The number of rotatable bonds is 5. The van der Waals surface area contributed by atoms with Gasteiger partial charge in [0.05, 0.1) is 12.5 Å². The first-order chi connectivity index (χ1) is 8.04. The Balaban J connectivity index is 2.85. The summed E-state index contributed by atoms with van der Waals surface area (Å²) in [7, 11) is 0. The molecule has 0 amide bonds. The van der Waals surface area contributed by atoms with Crippen LogP contribution in [0.5, 0.6) is 0 Å². The zero-order valence-corrected chi connectivity index (χ0v) is 11.1. The highest BCUT2D eigenvalue weighted by Crippen LogP contribution is 2.22. The zero-order chi connectivity index (χ0) is 12.8. The molecule has 0 saturated heterocycles. The Labute approximate surface area is 109 Å². The van der Waals surface area contributed by atoms with Crippen molar-refractivity contribution in [1.82, 2.24) is 0 Å². The zero-order valence-electron chi connectivity index (χ0n) is 9.48. The molecule has 0 radical (unpaired) electrons. The van der Waals surface area contributed by atoms with Crippen LogP contribution in [0.1, 0.15) is 12.0 Å². The Bertz CT molecular complexity index is 454. The van der Waals surface area contributed by atoms with E-state index in [1.807, 2.05) is 31.2 Å². The second-order valence-corrected chi connectivity index (χ2v) is 4.51. The van der Waals surface area contributed by atoms with Gasteiger partial charge in [0.15, 0.2) is 0 Å². The average molecular weight is 297 g/mol. The molecule has 0 aliphatic carbocycles. The van der Waals surface area contributed by atoms with Gasteiger partial charge in [0.1, 0.15) is 6.54 Å². The van der Waals surface area contributed by atoms with Crippen LogP contribution in [-0.2, 0) is 4.79 Å². The molecule has 1 aromatic carbocycles. The van der Waals surface area contributed by atoms with E-state index in [9.17, 15) is 4.79 Å². The summed E-state index contributed by atoms with van der Waals surface area (Å²) < 4.78 is 0.997. The largest absolute Gasteiger partial charge is 0.481 e. The minimum absolute atomic E-state index is 0.0246. The van der Waals surface area contributed by atoms with Gasteiger partial charge in [-0.25, -0.2) is 0 Å². The molecule has 0 unspecified atom stereocenters. The SMILES string of the molecule is Cc1cc(N(CC#N)CCC(=O)O)ccc1Br. The summed E-state index contributed by atoms with van der Waals surface area (Å²) in [5, 5.41) is 17.4. The summed E-state index contributed by atoms with van der Waals surface area (Å²) in [6.07, 6.45) is 0.0246. The maximum absolute atomic E-state index is 10.5. The lowest BCUT2D eigenvalue weighted by atomic mass is 10.2. The molecule has 5 heteroatoms. The molecular formula is C12H13BrN2O2. The molecule has 1 aromatic rings. The molecule has 0 atom stereocenters. The monoisotopic (exact) mass is 296 g/mol. The van der Waals surface area contributed by atoms with Gasteiger partial charge in [-0.05, 0) is 30.7 Å². The van der Waals surface area contributed by atoms with Gasteiger partial charge >= 0.3 is 5.97 Å². The molecule has 1 N–H and O–H groups in total. The van der Waals surface area contributed by atoms with Gasteiger partial charge in [-0.1, -0.05) is 15.9 Å². The summed E-state index contributed by atoms with van der Waals surface area (Å²) in [6, 6.07) is 7.75. The Morgan fingerprint density at radius 3 is 2.82 bits per heavy atom. The van der Waals surface area contributed by atoms with E-state index in [1.165, 1.54) is 0 Å². The number of carboxylic acids is 1. The number of benzene rings is 1. The lowest BCUT2D eigenvalue weighted by molar-refractivity contribution is -0.136. The fourth-order valence-corrected chi connectivity index (χ4v) is 1.69. The summed E-state index contributed by atoms with van der Waals surface area (Å²) in [4.78, 5) is 12.3. The quantitative estimate of drug-likeness (QED) is 0.848. The molecule has 4 nitrogen and oxygen atoms in total. The van der Waals surface area contributed by atoms with Crippen molar-refractivity contribution in [2.45, 2.75) is 13.3 Å². The predicted molar refractivity (Wildman–Crippen MR) is 69.0 cm³/mol. The van der Waals surface area contributed by atoms with E-state index >= 15 is 0 Å². The second kappa shape index (κ2) is 6.26. The van der Waals surface area contributed by atoms with Crippen LogP contribution in [0.15, 0.2) is 22.7 Å². The van der Waals surface area contributed by atoms with E-state index in [2.05, 4.69) is 15.9 Å². The molecule has 0 fully saturated rings. The maximum atomic E-state index is 10.5. The molecule has 0 aromatic heterocycles. The van der Waals surface area contributed by atoms with Crippen LogP contribution in [0.3, 0.4) is 0 Å². The van der Waals surface area contributed by atoms with E-state index in [4.69, 9.17) is 10.4 Å². The molecule has 1 rings (SSSR count). The highest BCUT2D eigenvalue weighted by Gasteiger charge is 2.09. The van der Waals surface area contributed by atoms with Crippen molar-refractivity contribution in [3.05, 3.63) is 28.2 Å². The van der Waals surface area contributed by atoms with Gasteiger partial charge in [0, 0.05) is 16.7 Å². The third-order valence-corrected chi connectivity index (χ3v) is 3.25. The molecule has 0 bridgehead atoms. The summed E-state index contributed by atoms with van der Waals surface area (Å²) in [6.45, 7) is 2.48. The first-order valence-electron chi connectivity index (χ1n) is 5.14. The van der Waals surface area contributed by atoms with Crippen molar-refractivity contribution in [3.8, 4) is 6.07 Å². The van der Waals surface area contributed by atoms with Crippen LogP contribution in [0.2, 0.25) is 0 Å². The summed E-state index contributed by atoms with van der Waals surface area (Å²) in [5.74, 6) is -0.859. The van der Waals surface area contributed by atoms with Crippen LogP contribution in [0.25, 0.3) is 0 Å². The number of aryl methyl sites for hydroxylation is 1. The Morgan fingerprint density at radius 2 is 2.29 bits per heavy atom. The minimum atomic E-state index is -0.859.